The van der Waals surface area contributed by atoms with Crippen LogP contribution in [-0.2, 0) is 9.84 Å². The molecule has 2 heterocycles. The van der Waals surface area contributed by atoms with Gasteiger partial charge in [0.25, 0.3) is 0 Å². The van der Waals surface area contributed by atoms with Crippen molar-refractivity contribution in [3.8, 4) is 11.3 Å². The quantitative estimate of drug-likeness (QED) is 0.430. The smallest absolute Gasteiger partial charge is 0.175 e. The second-order valence-corrected chi connectivity index (χ2v) is 9.62. The minimum absolute atomic E-state index is 0.282. The number of sulfone groups is 1. The first-order chi connectivity index (χ1) is 14.5. The third-order valence-electron chi connectivity index (χ3n) is 5.08. The first kappa shape index (κ1) is 18.6. The van der Waals surface area contributed by atoms with Gasteiger partial charge in [-0.2, -0.15) is 5.10 Å². The molecule has 1 aliphatic carbocycles. The molecular weight excluding hydrogens is 398 g/mol. The lowest BCUT2D eigenvalue weighted by atomic mass is 10.1. The molecule has 4 aromatic rings. The molecule has 0 saturated heterocycles. The van der Waals surface area contributed by atoms with Crippen molar-refractivity contribution in [2.45, 2.75) is 23.8 Å². The average molecular weight is 420 g/mol. The number of nitrogens with one attached hydrogen (secondary N) is 3. The molecule has 1 fully saturated rings. The van der Waals surface area contributed by atoms with E-state index in [9.17, 15) is 8.42 Å². The fourth-order valence-electron chi connectivity index (χ4n) is 3.38. The predicted octanol–water partition coefficient (Wildman–Crippen LogP) is 4.35. The number of fused-ring (bicyclic) bond motifs is 1. The minimum atomic E-state index is -3.26. The maximum absolute atomic E-state index is 11.8. The van der Waals surface area contributed by atoms with Crippen molar-refractivity contribution in [2.75, 3.05) is 16.9 Å². The second kappa shape index (κ2) is 7.14. The van der Waals surface area contributed by atoms with E-state index < -0.39 is 9.84 Å². The third kappa shape index (κ3) is 3.86. The van der Waals surface area contributed by atoms with Crippen LogP contribution in [0.2, 0.25) is 0 Å². The molecule has 30 heavy (non-hydrogen) atoms. The number of anilines is 3. The van der Waals surface area contributed by atoms with Gasteiger partial charge < -0.3 is 10.6 Å². The summed E-state index contributed by atoms with van der Waals surface area (Å²) in [6.07, 6.45) is 5.37. The van der Waals surface area contributed by atoms with Crippen LogP contribution in [-0.4, -0.2) is 35.9 Å². The van der Waals surface area contributed by atoms with Gasteiger partial charge >= 0.3 is 0 Å². The molecular formula is C22H21N5O2S. The molecule has 0 atom stereocenters. The lowest BCUT2D eigenvalue weighted by Gasteiger charge is -2.09. The van der Waals surface area contributed by atoms with E-state index in [0.29, 0.717) is 11.7 Å². The summed E-state index contributed by atoms with van der Waals surface area (Å²) in [7, 11) is -3.26. The maximum Gasteiger partial charge on any atom is 0.175 e. The van der Waals surface area contributed by atoms with Crippen LogP contribution in [0.25, 0.3) is 22.2 Å². The lowest BCUT2D eigenvalue weighted by molar-refractivity contribution is 0.602. The van der Waals surface area contributed by atoms with E-state index in [4.69, 9.17) is 0 Å². The fraction of sp³-hybridized carbons (Fsp3) is 0.182. The number of pyridine rings is 1. The van der Waals surface area contributed by atoms with Gasteiger partial charge in [-0.3, -0.25) is 5.10 Å². The summed E-state index contributed by atoms with van der Waals surface area (Å²) in [5.74, 6) is 0.859. The Hall–Kier alpha value is -3.39. The van der Waals surface area contributed by atoms with Crippen molar-refractivity contribution >= 4 is 37.9 Å². The standard InChI is InChI=1S/C22H21N5O2S/c1-30(28,29)18-4-2-3-16(12-18)24-17-7-8-20-19(13-17)22(27-26-20)14-9-10-23-21(11-14)25-15-5-6-15/h2-4,7-13,15,24H,5-6H2,1H3,(H,23,25)(H,26,27). The maximum atomic E-state index is 11.8. The fourth-order valence-corrected chi connectivity index (χ4v) is 4.04. The van der Waals surface area contributed by atoms with Crippen molar-refractivity contribution < 1.29 is 8.42 Å². The van der Waals surface area contributed by atoms with E-state index in [-0.39, 0.29) is 4.90 Å². The van der Waals surface area contributed by atoms with E-state index in [1.54, 1.807) is 24.4 Å². The van der Waals surface area contributed by atoms with Crippen LogP contribution < -0.4 is 10.6 Å². The van der Waals surface area contributed by atoms with Crippen LogP contribution in [0.15, 0.2) is 65.7 Å². The zero-order valence-corrected chi connectivity index (χ0v) is 17.2. The Kier molecular flexibility index (Phi) is 4.43. The summed E-state index contributed by atoms with van der Waals surface area (Å²) in [4.78, 5) is 4.68. The molecule has 2 aromatic carbocycles. The summed E-state index contributed by atoms with van der Waals surface area (Å²) < 4.78 is 23.7. The van der Waals surface area contributed by atoms with Gasteiger partial charge in [0.15, 0.2) is 9.84 Å². The Bertz CT molecular complexity index is 1340. The topological polar surface area (TPSA) is 99.8 Å². The van der Waals surface area contributed by atoms with Gasteiger partial charge in [-0.05, 0) is 61.4 Å². The summed E-state index contributed by atoms with van der Waals surface area (Å²) >= 11 is 0. The highest BCUT2D eigenvalue weighted by atomic mass is 32.2. The summed E-state index contributed by atoms with van der Waals surface area (Å²) in [6.45, 7) is 0. The SMILES string of the molecule is CS(=O)(=O)c1cccc(Nc2ccc3[nH]nc(-c4ccnc(NC5CC5)c4)c3c2)c1. The Morgan fingerprint density at radius 2 is 1.87 bits per heavy atom. The van der Waals surface area contributed by atoms with Crippen LogP contribution in [0.5, 0.6) is 0 Å². The number of benzene rings is 2. The molecule has 8 heteroatoms. The molecule has 2 aromatic heterocycles. The van der Waals surface area contributed by atoms with Gasteiger partial charge in [0, 0.05) is 40.8 Å². The Morgan fingerprint density at radius 1 is 1.03 bits per heavy atom. The van der Waals surface area contributed by atoms with E-state index in [1.165, 1.54) is 19.1 Å². The largest absolute Gasteiger partial charge is 0.367 e. The van der Waals surface area contributed by atoms with Crippen molar-refractivity contribution in [2.24, 2.45) is 0 Å². The monoisotopic (exact) mass is 419 g/mol. The first-order valence-corrected chi connectivity index (χ1v) is 11.6. The van der Waals surface area contributed by atoms with Gasteiger partial charge in [0.2, 0.25) is 0 Å². The lowest BCUT2D eigenvalue weighted by Crippen LogP contribution is -2.02. The van der Waals surface area contributed by atoms with E-state index in [1.807, 2.05) is 36.4 Å². The number of hydrogen-bond acceptors (Lipinski definition) is 6. The van der Waals surface area contributed by atoms with Gasteiger partial charge in [-0.15, -0.1) is 0 Å². The van der Waals surface area contributed by atoms with Gasteiger partial charge in [0.1, 0.15) is 11.5 Å². The highest BCUT2D eigenvalue weighted by molar-refractivity contribution is 7.90. The van der Waals surface area contributed by atoms with Crippen molar-refractivity contribution in [1.29, 1.82) is 0 Å². The molecule has 1 aliphatic rings. The molecule has 5 rings (SSSR count). The van der Waals surface area contributed by atoms with Crippen molar-refractivity contribution in [3.63, 3.8) is 0 Å². The molecule has 0 radical (unpaired) electrons. The molecule has 3 N–H and O–H groups in total. The molecule has 7 nitrogen and oxygen atoms in total. The van der Waals surface area contributed by atoms with Gasteiger partial charge in [-0.1, -0.05) is 6.07 Å². The average Bonchev–Trinajstić information content (AvgIpc) is 3.43. The third-order valence-corrected chi connectivity index (χ3v) is 6.19. The number of H-pyrrole nitrogens is 1. The summed E-state index contributed by atoms with van der Waals surface area (Å²) in [5, 5.41) is 15.3. The zero-order valence-electron chi connectivity index (χ0n) is 16.4. The first-order valence-electron chi connectivity index (χ1n) is 9.74. The zero-order chi connectivity index (χ0) is 20.7. The molecule has 1 saturated carbocycles. The number of rotatable bonds is 6. The van der Waals surface area contributed by atoms with E-state index in [2.05, 4.69) is 25.8 Å². The Labute approximate surface area is 174 Å². The van der Waals surface area contributed by atoms with Crippen LogP contribution >= 0.6 is 0 Å². The second-order valence-electron chi connectivity index (χ2n) is 7.61. The molecule has 152 valence electrons. The number of hydrogen-bond donors (Lipinski definition) is 3. The number of aromatic nitrogens is 3. The molecule has 0 unspecified atom stereocenters. The number of nitrogens with zero attached hydrogens (tertiary/aromatic N) is 2. The van der Waals surface area contributed by atoms with Gasteiger partial charge in [-0.25, -0.2) is 13.4 Å². The van der Waals surface area contributed by atoms with Crippen LogP contribution in [0.4, 0.5) is 17.2 Å². The van der Waals surface area contributed by atoms with E-state index in [0.717, 1.165) is 33.7 Å². The van der Waals surface area contributed by atoms with Crippen LogP contribution in [0, 0.1) is 0 Å². The summed E-state index contributed by atoms with van der Waals surface area (Å²) in [5.41, 5.74) is 4.31. The van der Waals surface area contributed by atoms with Crippen LogP contribution in [0.1, 0.15) is 12.8 Å². The molecule has 0 bridgehead atoms. The normalized spacial score (nSPS) is 14.0. The van der Waals surface area contributed by atoms with Gasteiger partial charge in [0.05, 0.1) is 10.4 Å². The molecule has 0 amide bonds. The molecule has 0 spiro atoms. The number of aromatic amines is 1. The van der Waals surface area contributed by atoms with E-state index >= 15 is 0 Å². The van der Waals surface area contributed by atoms with Crippen molar-refractivity contribution in [3.05, 3.63) is 60.8 Å². The Morgan fingerprint density at radius 3 is 2.67 bits per heavy atom. The predicted molar refractivity (Wildman–Crippen MR) is 119 cm³/mol. The highest BCUT2D eigenvalue weighted by Gasteiger charge is 2.21. The minimum Gasteiger partial charge on any atom is -0.367 e. The Balaban J connectivity index is 1.48. The van der Waals surface area contributed by atoms with Crippen molar-refractivity contribution in [1.82, 2.24) is 15.2 Å². The highest BCUT2D eigenvalue weighted by Crippen LogP contribution is 2.31. The molecule has 0 aliphatic heterocycles. The van der Waals surface area contributed by atoms with Crippen LogP contribution in [0.3, 0.4) is 0 Å². The summed E-state index contributed by atoms with van der Waals surface area (Å²) in [6, 6.07) is 17.2.